The van der Waals surface area contributed by atoms with Gasteiger partial charge in [0.2, 0.25) is 0 Å². The van der Waals surface area contributed by atoms with Gasteiger partial charge in [-0.25, -0.2) is 4.39 Å². The summed E-state index contributed by atoms with van der Waals surface area (Å²) in [6.07, 6.45) is 0. The number of ether oxygens (including phenoxy) is 1. The van der Waals surface area contributed by atoms with Gasteiger partial charge < -0.3 is 10.1 Å². The molecule has 1 amide bonds. The Labute approximate surface area is 168 Å². The predicted molar refractivity (Wildman–Crippen MR) is 112 cm³/mol. The number of amides is 1. The highest BCUT2D eigenvalue weighted by Crippen LogP contribution is 2.16. The molecule has 3 rings (SSSR count). The van der Waals surface area contributed by atoms with Gasteiger partial charge in [-0.15, -0.1) is 0 Å². The molecule has 0 bridgehead atoms. The first-order chi connectivity index (χ1) is 13.7. The van der Waals surface area contributed by atoms with Gasteiger partial charge in [0.1, 0.15) is 18.2 Å². The van der Waals surface area contributed by atoms with Crippen LogP contribution in [0.3, 0.4) is 0 Å². The Bertz CT molecular complexity index is 902. The molecule has 0 saturated carbocycles. The van der Waals surface area contributed by atoms with Gasteiger partial charge in [-0.2, -0.15) is 11.8 Å². The summed E-state index contributed by atoms with van der Waals surface area (Å²) in [6.45, 7) is 0.978. The molecule has 0 aliphatic rings. The fraction of sp³-hybridized carbons (Fsp3) is 0.174. The van der Waals surface area contributed by atoms with E-state index < -0.39 is 0 Å². The van der Waals surface area contributed by atoms with Crippen LogP contribution in [-0.4, -0.2) is 18.2 Å². The lowest BCUT2D eigenvalue weighted by molar-refractivity contribution is 0.0955. The van der Waals surface area contributed by atoms with E-state index in [1.165, 1.54) is 6.07 Å². The number of hydrogen-bond acceptors (Lipinski definition) is 3. The maximum atomic E-state index is 13.6. The molecule has 0 fully saturated rings. The van der Waals surface area contributed by atoms with Gasteiger partial charge >= 0.3 is 0 Å². The number of carbonyl (C=O) groups excluding carboxylic acids is 1. The van der Waals surface area contributed by atoms with Crippen molar-refractivity contribution in [1.29, 1.82) is 0 Å². The molecule has 0 atom stereocenters. The Kier molecular flexibility index (Phi) is 7.50. The highest BCUT2D eigenvalue weighted by molar-refractivity contribution is 7.98. The van der Waals surface area contributed by atoms with E-state index in [9.17, 15) is 9.18 Å². The van der Waals surface area contributed by atoms with E-state index in [4.69, 9.17) is 4.74 Å². The summed E-state index contributed by atoms with van der Waals surface area (Å²) in [7, 11) is 0. The number of rotatable bonds is 9. The largest absolute Gasteiger partial charge is 0.489 e. The third-order valence-corrected chi connectivity index (χ3v) is 5.10. The van der Waals surface area contributed by atoms with Crippen LogP contribution in [0.1, 0.15) is 21.5 Å². The highest BCUT2D eigenvalue weighted by atomic mass is 32.2. The molecule has 3 nitrogen and oxygen atoms in total. The van der Waals surface area contributed by atoms with Crippen molar-refractivity contribution in [3.63, 3.8) is 0 Å². The molecule has 0 saturated heterocycles. The van der Waals surface area contributed by atoms with E-state index in [-0.39, 0.29) is 11.7 Å². The van der Waals surface area contributed by atoms with Crippen LogP contribution in [-0.2, 0) is 12.4 Å². The van der Waals surface area contributed by atoms with Crippen molar-refractivity contribution < 1.29 is 13.9 Å². The van der Waals surface area contributed by atoms with Crippen molar-refractivity contribution in [1.82, 2.24) is 5.32 Å². The lowest BCUT2D eigenvalue weighted by Gasteiger charge is -2.09. The molecule has 0 aromatic heterocycles. The third-order valence-electron chi connectivity index (χ3n) is 4.09. The average molecular weight is 395 g/mol. The zero-order chi connectivity index (χ0) is 19.6. The van der Waals surface area contributed by atoms with Crippen molar-refractivity contribution in [2.75, 3.05) is 12.3 Å². The average Bonchev–Trinajstić information content (AvgIpc) is 2.74. The Morgan fingerprint density at radius 1 is 0.964 bits per heavy atom. The van der Waals surface area contributed by atoms with Crippen molar-refractivity contribution >= 4 is 17.7 Å². The van der Waals surface area contributed by atoms with Gasteiger partial charge in [0.05, 0.1) is 0 Å². The third kappa shape index (κ3) is 6.13. The predicted octanol–water partition coefficient (Wildman–Crippen LogP) is 5.07. The number of benzene rings is 3. The molecule has 0 spiro atoms. The van der Waals surface area contributed by atoms with Gasteiger partial charge in [0.25, 0.3) is 5.91 Å². The van der Waals surface area contributed by atoms with E-state index in [0.29, 0.717) is 41.5 Å². The standard InChI is InChI=1S/C23H22FNO2S/c24-22-12-5-4-9-20(22)17-28-14-13-25-23(26)19-10-6-11-21(15-19)27-16-18-7-2-1-3-8-18/h1-12,15H,13-14,16-17H2,(H,25,26). The first kappa shape index (κ1) is 20.0. The van der Waals surface area contributed by atoms with Crippen molar-refractivity contribution in [3.8, 4) is 5.75 Å². The molecule has 3 aromatic rings. The molecule has 0 aliphatic carbocycles. The Balaban J connectivity index is 1.42. The molecule has 28 heavy (non-hydrogen) atoms. The fourth-order valence-electron chi connectivity index (χ4n) is 2.60. The minimum atomic E-state index is -0.189. The first-order valence-corrected chi connectivity index (χ1v) is 10.2. The molecule has 0 aliphatic heterocycles. The Hall–Kier alpha value is -2.79. The number of thioether (sulfide) groups is 1. The molecule has 3 aromatic carbocycles. The summed E-state index contributed by atoms with van der Waals surface area (Å²) in [5, 5.41) is 2.89. The Morgan fingerprint density at radius 2 is 1.75 bits per heavy atom. The summed E-state index contributed by atoms with van der Waals surface area (Å²) in [5.74, 6) is 1.63. The normalized spacial score (nSPS) is 10.5. The van der Waals surface area contributed by atoms with Crippen LogP contribution in [0.25, 0.3) is 0 Å². The first-order valence-electron chi connectivity index (χ1n) is 9.08. The second-order valence-electron chi connectivity index (χ2n) is 6.20. The second kappa shape index (κ2) is 10.5. The molecule has 0 heterocycles. The van der Waals surface area contributed by atoms with Crippen LogP contribution in [0.15, 0.2) is 78.9 Å². The monoisotopic (exact) mass is 395 g/mol. The second-order valence-corrected chi connectivity index (χ2v) is 7.31. The number of halogens is 1. The van der Waals surface area contributed by atoms with E-state index in [1.54, 1.807) is 36.0 Å². The smallest absolute Gasteiger partial charge is 0.251 e. The summed E-state index contributed by atoms with van der Waals surface area (Å²) >= 11 is 1.59. The van der Waals surface area contributed by atoms with Crippen LogP contribution >= 0.6 is 11.8 Å². The van der Waals surface area contributed by atoms with Crippen molar-refractivity contribution in [2.45, 2.75) is 12.4 Å². The Morgan fingerprint density at radius 3 is 2.57 bits per heavy atom. The summed E-state index contributed by atoms with van der Waals surface area (Å²) in [5.41, 5.74) is 2.32. The van der Waals surface area contributed by atoms with Crippen molar-refractivity contribution in [3.05, 3.63) is 101 Å². The van der Waals surface area contributed by atoms with Gasteiger partial charge in [0.15, 0.2) is 0 Å². The van der Waals surface area contributed by atoms with Crippen LogP contribution in [0, 0.1) is 5.82 Å². The van der Waals surface area contributed by atoms with E-state index in [1.807, 2.05) is 48.5 Å². The van der Waals surface area contributed by atoms with Crippen LogP contribution < -0.4 is 10.1 Å². The minimum Gasteiger partial charge on any atom is -0.489 e. The zero-order valence-corrected chi connectivity index (χ0v) is 16.3. The SMILES string of the molecule is O=C(NCCSCc1ccccc1F)c1cccc(OCc2ccccc2)c1. The van der Waals surface area contributed by atoms with E-state index in [2.05, 4.69) is 5.32 Å². The lowest BCUT2D eigenvalue weighted by Crippen LogP contribution is -2.25. The minimum absolute atomic E-state index is 0.142. The quantitative estimate of drug-likeness (QED) is 0.514. The van der Waals surface area contributed by atoms with Crippen LogP contribution in [0.4, 0.5) is 4.39 Å². The number of nitrogens with one attached hydrogen (secondary N) is 1. The van der Waals surface area contributed by atoms with E-state index in [0.717, 1.165) is 5.56 Å². The molecular weight excluding hydrogens is 373 g/mol. The number of carbonyl (C=O) groups is 1. The maximum absolute atomic E-state index is 13.6. The topological polar surface area (TPSA) is 38.3 Å². The molecule has 1 N–H and O–H groups in total. The molecule has 144 valence electrons. The van der Waals surface area contributed by atoms with Gasteiger partial charge in [-0.1, -0.05) is 54.6 Å². The fourth-order valence-corrected chi connectivity index (χ4v) is 3.45. The lowest BCUT2D eigenvalue weighted by atomic mass is 10.2. The van der Waals surface area contributed by atoms with Gasteiger partial charge in [-0.05, 0) is 35.4 Å². The molecular formula is C23H22FNO2S. The van der Waals surface area contributed by atoms with Crippen LogP contribution in [0.5, 0.6) is 5.75 Å². The summed E-state index contributed by atoms with van der Waals surface area (Å²) < 4.78 is 19.3. The molecule has 5 heteroatoms. The maximum Gasteiger partial charge on any atom is 0.251 e. The summed E-state index contributed by atoms with van der Waals surface area (Å²) in [4.78, 5) is 12.3. The molecule has 0 radical (unpaired) electrons. The van der Waals surface area contributed by atoms with Gasteiger partial charge in [-0.3, -0.25) is 4.79 Å². The zero-order valence-electron chi connectivity index (χ0n) is 15.4. The van der Waals surface area contributed by atoms with Crippen molar-refractivity contribution in [2.24, 2.45) is 0 Å². The molecule has 0 unspecified atom stereocenters. The summed E-state index contributed by atoms with van der Waals surface area (Å²) in [6, 6.07) is 23.8. The number of hydrogen-bond donors (Lipinski definition) is 1. The van der Waals surface area contributed by atoms with E-state index >= 15 is 0 Å². The highest BCUT2D eigenvalue weighted by Gasteiger charge is 2.07. The van der Waals surface area contributed by atoms with Crippen LogP contribution in [0.2, 0.25) is 0 Å². The van der Waals surface area contributed by atoms with Gasteiger partial charge in [0, 0.05) is 23.6 Å².